The molecule has 90 valence electrons. The van der Waals surface area contributed by atoms with Crippen LogP contribution in [0.4, 0.5) is 0 Å². The normalized spacial score (nSPS) is 29.1. The summed E-state index contributed by atoms with van der Waals surface area (Å²) in [6, 6.07) is 5.96. The minimum absolute atomic E-state index is 0.0651. The molecule has 3 aliphatic rings. The predicted molar refractivity (Wildman–Crippen MR) is 65.3 cm³/mol. The average molecular weight is 230 g/mol. The molecular formula is C14H18N2O. The summed E-state index contributed by atoms with van der Waals surface area (Å²) in [7, 11) is 0. The molecule has 1 amide bonds. The SMILES string of the molecule is O=C(NCCCc1ccccn1)C12CC(C1)C2. The summed E-state index contributed by atoms with van der Waals surface area (Å²) in [5.41, 5.74) is 1.17. The smallest absolute Gasteiger partial charge is 0.226 e. The summed E-state index contributed by atoms with van der Waals surface area (Å²) in [6.07, 6.45) is 7.14. The Balaban J connectivity index is 1.37. The number of carbonyl (C=O) groups is 1. The molecule has 0 aromatic carbocycles. The molecule has 3 aliphatic carbocycles. The maximum atomic E-state index is 11.9. The van der Waals surface area contributed by atoms with E-state index in [0.29, 0.717) is 5.91 Å². The van der Waals surface area contributed by atoms with Crippen molar-refractivity contribution in [1.29, 1.82) is 0 Å². The third-order valence-corrected chi connectivity index (χ3v) is 4.14. The van der Waals surface area contributed by atoms with Crippen molar-refractivity contribution >= 4 is 5.91 Å². The van der Waals surface area contributed by atoms with Gasteiger partial charge < -0.3 is 5.32 Å². The molecule has 1 heterocycles. The highest BCUT2D eigenvalue weighted by molar-refractivity contribution is 5.85. The number of nitrogens with zero attached hydrogens (tertiary/aromatic N) is 1. The lowest BCUT2D eigenvalue weighted by molar-refractivity contribution is -0.164. The van der Waals surface area contributed by atoms with E-state index in [0.717, 1.165) is 50.3 Å². The third-order valence-electron chi connectivity index (χ3n) is 4.14. The molecule has 1 aromatic heterocycles. The zero-order chi connectivity index (χ0) is 11.7. The van der Waals surface area contributed by atoms with E-state index in [1.807, 2.05) is 24.4 Å². The number of hydrogen-bond acceptors (Lipinski definition) is 2. The lowest BCUT2D eigenvalue weighted by atomic mass is 9.44. The fourth-order valence-electron chi connectivity index (χ4n) is 2.96. The lowest BCUT2D eigenvalue weighted by Gasteiger charge is -2.60. The van der Waals surface area contributed by atoms with E-state index < -0.39 is 0 Å². The van der Waals surface area contributed by atoms with E-state index in [1.165, 1.54) is 0 Å². The van der Waals surface area contributed by atoms with Crippen LogP contribution in [0.15, 0.2) is 24.4 Å². The topological polar surface area (TPSA) is 42.0 Å². The summed E-state index contributed by atoms with van der Waals surface area (Å²) >= 11 is 0. The monoisotopic (exact) mass is 230 g/mol. The minimum atomic E-state index is 0.0651. The summed E-state index contributed by atoms with van der Waals surface area (Å²) in [4.78, 5) is 16.1. The van der Waals surface area contributed by atoms with Gasteiger partial charge in [0.25, 0.3) is 0 Å². The first kappa shape index (κ1) is 10.8. The Bertz CT molecular complexity index is 398. The summed E-state index contributed by atoms with van der Waals surface area (Å²) < 4.78 is 0. The number of rotatable bonds is 5. The molecule has 4 rings (SSSR count). The van der Waals surface area contributed by atoms with Crippen molar-refractivity contribution in [3.05, 3.63) is 30.1 Å². The molecular weight excluding hydrogens is 212 g/mol. The Hall–Kier alpha value is -1.38. The van der Waals surface area contributed by atoms with Crippen LogP contribution in [0, 0.1) is 11.3 Å². The molecule has 0 saturated heterocycles. The highest BCUT2D eigenvalue weighted by atomic mass is 16.2. The van der Waals surface area contributed by atoms with Crippen LogP contribution in [0.5, 0.6) is 0 Å². The van der Waals surface area contributed by atoms with Gasteiger partial charge in [-0.3, -0.25) is 9.78 Å². The lowest BCUT2D eigenvalue weighted by Crippen LogP contribution is -2.60. The fourth-order valence-corrected chi connectivity index (χ4v) is 2.96. The van der Waals surface area contributed by atoms with Gasteiger partial charge in [0.15, 0.2) is 0 Å². The largest absolute Gasteiger partial charge is 0.356 e. The molecule has 0 aliphatic heterocycles. The highest BCUT2D eigenvalue weighted by Crippen LogP contribution is 2.64. The molecule has 17 heavy (non-hydrogen) atoms. The molecule has 2 bridgehead atoms. The van der Waals surface area contributed by atoms with Gasteiger partial charge >= 0.3 is 0 Å². The summed E-state index contributed by atoms with van der Waals surface area (Å²) in [5.74, 6) is 1.16. The maximum Gasteiger partial charge on any atom is 0.226 e. The predicted octanol–water partition coefficient (Wildman–Crippen LogP) is 1.93. The molecule has 1 aromatic rings. The van der Waals surface area contributed by atoms with Gasteiger partial charge in [0.2, 0.25) is 5.91 Å². The van der Waals surface area contributed by atoms with Crippen LogP contribution in [0.3, 0.4) is 0 Å². The van der Waals surface area contributed by atoms with Crippen LogP contribution in [0.25, 0.3) is 0 Å². The number of hydrogen-bond donors (Lipinski definition) is 1. The molecule has 0 spiro atoms. The third kappa shape index (κ3) is 1.94. The van der Waals surface area contributed by atoms with Gasteiger partial charge in [-0.1, -0.05) is 6.07 Å². The molecule has 3 heteroatoms. The molecule has 0 unspecified atom stereocenters. The van der Waals surface area contributed by atoms with Crippen molar-refractivity contribution in [2.45, 2.75) is 32.1 Å². The van der Waals surface area contributed by atoms with Crippen molar-refractivity contribution in [1.82, 2.24) is 10.3 Å². The van der Waals surface area contributed by atoms with Gasteiger partial charge in [0.1, 0.15) is 0 Å². The molecule has 0 atom stereocenters. The molecule has 3 saturated carbocycles. The van der Waals surface area contributed by atoms with Gasteiger partial charge in [-0.05, 0) is 50.2 Å². The number of carbonyl (C=O) groups excluding carboxylic acids is 1. The minimum Gasteiger partial charge on any atom is -0.356 e. The number of aryl methyl sites for hydroxylation is 1. The van der Waals surface area contributed by atoms with Crippen molar-refractivity contribution < 1.29 is 4.79 Å². The molecule has 1 N–H and O–H groups in total. The van der Waals surface area contributed by atoms with Crippen LogP contribution in [0.2, 0.25) is 0 Å². The Labute approximate surface area is 102 Å². The molecule has 3 nitrogen and oxygen atoms in total. The highest BCUT2D eigenvalue weighted by Gasteiger charge is 2.61. The Morgan fingerprint density at radius 3 is 2.82 bits per heavy atom. The number of nitrogens with one attached hydrogen (secondary N) is 1. The van der Waals surface area contributed by atoms with E-state index in [2.05, 4.69) is 10.3 Å². The Morgan fingerprint density at radius 1 is 1.41 bits per heavy atom. The molecule has 0 radical (unpaired) electrons. The quantitative estimate of drug-likeness (QED) is 0.785. The Morgan fingerprint density at radius 2 is 2.24 bits per heavy atom. The summed E-state index contributed by atoms with van der Waals surface area (Å²) in [6.45, 7) is 0.780. The second-order valence-electron chi connectivity index (χ2n) is 5.44. The van der Waals surface area contributed by atoms with Gasteiger partial charge in [0.05, 0.1) is 0 Å². The van der Waals surface area contributed by atoms with Crippen LogP contribution in [-0.2, 0) is 11.2 Å². The standard InChI is InChI=1S/C14H18N2O/c17-13(14-8-11(9-14)10-14)16-7-3-5-12-4-1-2-6-15-12/h1-2,4,6,11H,3,5,7-10H2,(H,16,17). The number of aromatic nitrogens is 1. The second kappa shape index (κ2) is 4.13. The van der Waals surface area contributed by atoms with Crippen molar-refractivity contribution in [3.63, 3.8) is 0 Å². The summed E-state index contributed by atoms with van der Waals surface area (Å²) in [5, 5.41) is 3.07. The van der Waals surface area contributed by atoms with E-state index >= 15 is 0 Å². The van der Waals surface area contributed by atoms with E-state index in [-0.39, 0.29) is 5.41 Å². The van der Waals surface area contributed by atoms with Gasteiger partial charge in [-0.25, -0.2) is 0 Å². The van der Waals surface area contributed by atoms with Crippen LogP contribution in [0.1, 0.15) is 31.4 Å². The average Bonchev–Trinajstić information content (AvgIpc) is 2.22. The first-order valence-electron chi connectivity index (χ1n) is 6.47. The number of amides is 1. The second-order valence-corrected chi connectivity index (χ2v) is 5.44. The van der Waals surface area contributed by atoms with Crippen LogP contribution in [-0.4, -0.2) is 17.4 Å². The zero-order valence-corrected chi connectivity index (χ0v) is 9.98. The zero-order valence-electron chi connectivity index (χ0n) is 9.98. The first-order valence-corrected chi connectivity index (χ1v) is 6.47. The van der Waals surface area contributed by atoms with Gasteiger partial charge in [0, 0.05) is 23.9 Å². The van der Waals surface area contributed by atoms with E-state index in [4.69, 9.17) is 0 Å². The van der Waals surface area contributed by atoms with Gasteiger partial charge in [-0.15, -0.1) is 0 Å². The Kier molecular flexibility index (Phi) is 2.61. The number of pyridine rings is 1. The molecule has 3 fully saturated rings. The van der Waals surface area contributed by atoms with Crippen molar-refractivity contribution in [3.8, 4) is 0 Å². The van der Waals surface area contributed by atoms with Crippen molar-refractivity contribution in [2.75, 3.05) is 6.54 Å². The maximum absolute atomic E-state index is 11.9. The van der Waals surface area contributed by atoms with Gasteiger partial charge in [-0.2, -0.15) is 0 Å². The first-order chi connectivity index (χ1) is 8.28. The van der Waals surface area contributed by atoms with E-state index in [1.54, 1.807) is 0 Å². The van der Waals surface area contributed by atoms with Crippen molar-refractivity contribution in [2.24, 2.45) is 11.3 Å². The van der Waals surface area contributed by atoms with E-state index in [9.17, 15) is 4.79 Å². The van der Waals surface area contributed by atoms with Crippen LogP contribution < -0.4 is 5.32 Å². The van der Waals surface area contributed by atoms with Crippen LogP contribution >= 0.6 is 0 Å². The fraction of sp³-hybridized carbons (Fsp3) is 0.571.